The van der Waals surface area contributed by atoms with Crippen molar-refractivity contribution < 1.29 is 9.50 Å². The minimum atomic E-state index is -0.653. The molecule has 0 aliphatic carbocycles. The quantitative estimate of drug-likeness (QED) is 0.867. The summed E-state index contributed by atoms with van der Waals surface area (Å²) in [6.07, 6.45) is 0.288. The summed E-state index contributed by atoms with van der Waals surface area (Å²) in [7, 11) is 0. The van der Waals surface area contributed by atoms with Crippen molar-refractivity contribution in [2.24, 2.45) is 0 Å². The van der Waals surface area contributed by atoms with Crippen LogP contribution < -0.4 is 5.32 Å². The lowest BCUT2D eigenvalue weighted by Gasteiger charge is -2.17. The van der Waals surface area contributed by atoms with Crippen LogP contribution in [0.4, 0.5) is 10.1 Å². The van der Waals surface area contributed by atoms with Crippen LogP contribution in [0.15, 0.2) is 42.5 Å². The number of rotatable bonds is 5. The van der Waals surface area contributed by atoms with Gasteiger partial charge in [0.05, 0.1) is 6.10 Å². The topological polar surface area (TPSA) is 32.3 Å². The highest BCUT2D eigenvalue weighted by atomic mass is 19.1. The van der Waals surface area contributed by atoms with E-state index < -0.39 is 6.10 Å². The number of hydrogen-bond donors (Lipinski definition) is 2. The van der Waals surface area contributed by atoms with Crippen LogP contribution in [-0.4, -0.2) is 11.7 Å². The van der Waals surface area contributed by atoms with Gasteiger partial charge in [0.1, 0.15) is 5.82 Å². The van der Waals surface area contributed by atoms with Crippen molar-refractivity contribution in [1.82, 2.24) is 0 Å². The van der Waals surface area contributed by atoms with Crippen LogP contribution >= 0.6 is 0 Å². The summed E-state index contributed by atoms with van der Waals surface area (Å²) in [6, 6.07) is 12.1. The monoisotopic (exact) mass is 273 g/mol. The highest BCUT2D eigenvalue weighted by Gasteiger charge is 2.09. The van der Waals surface area contributed by atoms with Gasteiger partial charge in [-0.1, -0.05) is 37.3 Å². The normalized spacial score (nSPS) is 12.2. The van der Waals surface area contributed by atoms with Gasteiger partial charge in [0, 0.05) is 12.2 Å². The van der Waals surface area contributed by atoms with Crippen molar-refractivity contribution in [3.8, 4) is 0 Å². The lowest BCUT2D eigenvalue weighted by molar-refractivity contribution is 0.191. The molecule has 20 heavy (non-hydrogen) atoms. The van der Waals surface area contributed by atoms with Gasteiger partial charge in [-0.15, -0.1) is 0 Å². The Labute approximate surface area is 119 Å². The van der Waals surface area contributed by atoms with Crippen molar-refractivity contribution in [1.29, 1.82) is 0 Å². The molecule has 0 radical (unpaired) electrons. The number of halogens is 1. The van der Waals surface area contributed by atoms with E-state index in [2.05, 4.69) is 18.3 Å². The smallest absolute Gasteiger partial charge is 0.123 e. The molecule has 0 saturated carbocycles. The molecule has 0 aliphatic heterocycles. The maximum absolute atomic E-state index is 12.9. The van der Waals surface area contributed by atoms with Crippen LogP contribution in [0.25, 0.3) is 0 Å². The second kappa shape index (κ2) is 6.53. The molecule has 0 aromatic heterocycles. The molecule has 0 amide bonds. The summed E-state index contributed by atoms with van der Waals surface area (Å²) in [5.41, 5.74) is 4.19. The fraction of sp³-hybridized carbons (Fsp3) is 0.294. The van der Waals surface area contributed by atoms with Crippen LogP contribution in [0.2, 0.25) is 0 Å². The summed E-state index contributed by atoms with van der Waals surface area (Å²) in [5.74, 6) is -0.291. The maximum atomic E-state index is 12.9. The van der Waals surface area contributed by atoms with Crippen LogP contribution in [0.3, 0.4) is 0 Å². The maximum Gasteiger partial charge on any atom is 0.123 e. The molecule has 2 nitrogen and oxygen atoms in total. The van der Waals surface area contributed by atoms with Crippen LogP contribution in [-0.2, 0) is 6.42 Å². The van der Waals surface area contributed by atoms with Crippen molar-refractivity contribution in [3.05, 3.63) is 65.0 Å². The van der Waals surface area contributed by atoms with E-state index in [1.165, 1.54) is 17.7 Å². The summed E-state index contributed by atoms with van der Waals surface area (Å²) in [5, 5.41) is 13.4. The van der Waals surface area contributed by atoms with Gasteiger partial charge in [-0.05, 0) is 42.2 Å². The number of nitrogens with one attached hydrogen (secondary N) is 1. The minimum Gasteiger partial charge on any atom is -0.387 e. The molecule has 0 saturated heterocycles. The second-order valence-corrected chi connectivity index (χ2v) is 4.91. The number of aliphatic hydroxyl groups excluding tert-OH is 1. The molecule has 0 aliphatic rings. The first kappa shape index (κ1) is 14.5. The van der Waals surface area contributed by atoms with Gasteiger partial charge in [0.25, 0.3) is 0 Å². The van der Waals surface area contributed by atoms with E-state index in [0.29, 0.717) is 12.1 Å². The first-order valence-electron chi connectivity index (χ1n) is 6.87. The van der Waals surface area contributed by atoms with Crippen LogP contribution in [0.1, 0.15) is 29.7 Å². The molecule has 2 aromatic carbocycles. The van der Waals surface area contributed by atoms with E-state index >= 15 is 0 Å². The molecule has 0 spiro atoms. The van der Waals surface area contributed by atoms with Crippen molar-refractivity contribution in [3.63, 3.8) is 0 Å². The Morgan fingerprint density at radius 3 is 2.50 bits per heavy atom. The van der Waals surface area contributed by atoms with E-state index in [-0.39, 0.29) is 5.82 Å². The Kier molecular flexibility index (Phi) is 4.74. The third-order valence-corrected chi connectivity index (χ3v) is 3.47. The Morgan fingerprint density at radius 2 is 1.85 bits per heavy atom. The number of aryl methyl sites for hydroxylation is 2. The van der Waals surface area contributed by atoms with Gasteiger partial charge in [0.15, 0.2) is 0 Å². The van der Waals surface area contributed by atoms with Gasteiger partial charge in [-0.25, -0.2) is 4.39 Å². The highest BCUT2D eigenvalue weighted by molar-refractivity contribution is 5.57. The Morgan fingerprint density at radius 1 is 1.15 bits per heavy atom. The van der Waals surface area contributed by atoms with E-state index in [1.54, 1.807) is 12.1 Å². The van der Waals surface area contributed by atoms with E-state index in [4.69, 9.17) is 0 Å². The predicted molar refractivity (Wildman–Crippen MR) is 80.4 cm³/mol. The van der Waals surface area contributed by atoms with E-state index in [0.717, 1.165) is 17.7 Å². The summed E-state index contributed by atoms with van der Waals surface area (Å²) < 4.78 is 12.9. The first-order valence-corrected chi connectivity index (χ1v) is 6.87. The molecule has 106 valence electrons. The molecular weight excluding hydrogens is 253 g/mol. The van der Waals surface area contributed by atoms with Gasteiger partial charge < -0.3 is 10.4 Å². The third kappa shape index (κ3) is 3.36. The standard InChI is InChI=1S/C17H20FNO/c1-3-13-6-4-5-12(2)17(13)19-11-16(20)14-7-9-15(18)10-8-14/h4-10,16,19-20H,3,11H2,1-2H3. The summed E-state index contributed by atoms with van der Waals surface area (Å²) in [4.78, 5) is 0. The number of anilines is 1. The molecule has 2 N–H and O–H groups in total. The number of aliphatic hydroxyl groups is 1. The summed E-state index contributed by atoms with van der Waals surface area (Å²) >= 11 is 0. The number of hydrogen-bond acceptors (Lipinski definition) is 2. The molecular formula is C17H20FNO. The van der Waals surface area contributed by atoms with Gasteiger partial charge >= 0.3 is 0 Å². The zero-order chi connectivity index (χ0) is 14.5. The van der Waals surface area contributed by atoms with Gasteiger partial charge in [0.2, 0.25) is 0 Å². The largest absolute Gasteiger partial charge is 0.387 e. The molecule has 0 fully saturated rings. The fourth-order valence-corrected chi connectivity index (χ4v) is 2.28. The zero-order valence-corrected chi connectivity index (χ0v) is 11.9. The number of benzene rings is 2. The van der Waals surface area contributed by atoms with Gasteiger partial charge in [-0.3, -0.25) is 0 Å². The molecule has 1 atom stereocenters. The molecule has 0 bridgehead atoms. The Balaban J connectivity index is 2.07. The Hall–Kier alpha value is -1.87. The minimum absolute atomic E-state index is 0.291. The fourth-order valence-electron chi connectivity index (χ4n) is 2.28. The Bertz CT molecular complexity index is 566. The zero-order valence-electron chi connectivity index (χ0n) is 11.9. The molecule has 1 unspecified atom stereocenters. The lowest BCUT2D eigenvalue weighted by Crippen LogP contribution is -2.14. The molecule has 2 aromatic rings. The van der Waals surface area contributed by atoms with Crippen LogP contribution in [0, 0.1) is 12.7 Å². The second-order valence-electron chi connectivity index (χ2n) is 4.91. The van der Waals surface area contributed by atoms with Crippen molar-refractivity contribution in [2.75, 3.05) is 11.9 Å². The molecule has 2 rings (SSSR count). The van der Waals surface area contributed by atoms with Gasteiger partial charge in [-0.2, -0.15) is 0 Å². The van der Waals surface area contributed by atoms with Crippen LogP contribution in [0.5, 0.6) is 0 Å². The highest BCUT2D eigenvalue weighted by Crippen LogP contribution is 2.22. The predicted octanol–water partition coefficient (Wildman–Crippen LogP) is 3.84. The SMILES string of the molecule is CCc1cccc(C)c1NCC(O)c1ccc(F)cc1. The molecule has 3 heteroatoms. The lowest BCUT2D eigenvalue weighted by atomic mass is 10.0. The van der Waals surface area contributed by atoms with E-state index in [9.17, 15) is 9.50 Å². The average Bonchev–Trinajstić information content (AvgIpc) is 2.46. The van der Waals surface area contributed by atoms with Crippen molar-refractivity contribution >= 4 is 5.69 Å². The van der Waals surface area contributed by atoms with Crippen molar-refractivity contribution in [2.45, 2.75) is 26.4 Å². The average molecular weight is 273 g/mol. The number of para-hydroxylation sites is 1. The van der Waals surface area contributed by atoms with E-state index in [1.807, 2.05) is 19.1 Å². The first-order chi connectivity index (χ1) is 9.61. The third-order valence-electron chi connectivity index (χ3n) is 3.47. The summed E-state index contributed by atoms with van der Waals surface area (Å²) in [6.45, 7) is 4.56. The molecule has 0 heterocycles.